The molecule has 4 nitrogen and oxygen atoms in total. The molecule has 5 heteroatoms. The summed E-state index contributed by atoms with van der Waals surface area (Å²) in [6.07, 6.45) is 5.59. The van der Waals surface area contributed by atoms with Crippen LogP contribution in [-0.2, 0) is 17.9 Å². The maximum Gasteiger partial charge on any atom is 0.240 e. The Morgan fingerprint density at radius 1 is 1.12 bits per heavy atom. The topological polar surface area (TPSA) is 46.9 Å². The second-order valence-electron chi connectivity index (χ2n) is 5.87. The minimum absolute atomic E-state index is 0.0118. The van der Waals surface area contributed by atoms with Crippen LogP contribution in [0.3, 0.4) is 0 Å². The lowest BCUT2D eigenvalue weighted by Gasteiger charge is -2.08. The summed E-state index contributed by atoms with van der Waals surface area (Å²) in [5, 5.41) is 8.26. The van der Waals surface area contributed by atoms with Crippen LogP contribution in [0.5, 0.6) is 0 Å². The maximum absolute atomic E-state index is 12.3. The summed E-state index contributed by atoms with van der Waals surface area (Å²) in [4.78, 5) is 16.6. The minimum Gasteiger partial charge on any atom is -0.350 e. The Bertz CT molecular complexity index is 1000. The first-order valence-electron chi connectivity index (χ1n) is 8.07. The molecule has 0 spiro atoms. The highest BCUT2D eigenvalue weighted by atomic mass is 32.1. The molecule has 0 aliphatic heterocycles. The van der Waals surface area contributed by atoms with Gasteiger partial charge in [0.2, 0.25) is 5.91 Å². The minimum atomic E-state index is -0.0118. The van der Waals surface area contributed by atoms with Crippen LogP contribution < -0.4 is 5.32 Å². The number of hydrogen-bond donors (Lipinski definition) is 1. The lowest BCUT2D eigenvalue weighted by Crippen LogP contribution is -2.26. The van der Waals surface area contributed by atoms with Crippen LogP contribution in [0.2, 0.25) is 0 Å². The predicted octanol–water partition coefficient (Wildman–Crippen LogP) is 4.08. The molecule has 1 N–H and O–H groups in total. The van der Waals surface area contributed by atoms with Crippen molar-refractivity contribution in [3.8, 4) is 11.1 Å². The Balaban J connectivity index is 1.41. The molecule has 0 bridgehead atoms. The van der Waals surface area contributed by atoms with E-state index in [-0.39, 0.29) is 5.91 Å². The van der Waals surface area contributed by atoms with Gasteiger partial charge < -0.3 is 9.88 Å². The quantitative estimate of drug-likeness (QED) is 0.591. The Morgan fingerprint density at radius 3 is 2.92 bits per heavy atom. The van der Waals surface area contributed by atoms with E-state index in [1.54, 1.807) is 17.5 Å². The zero-order valence-electron chi connectivity index (χ0n) is 13.6. The number of amides is 1. The van der Waals surface area contributed by atoms with Crippen LogP contribution in [0.25, 0.3) is 22.0 Å². The van der Waals surface area contributed by atoms with Gasteiger partial charge in [0.05, 0.1) is 0 Å². The standard InChI is InChI=1S/C20H17N3OS/c24-20(13-23-7-5-16-3-1-2-4-19(16)23)22-11-15-9-18(12-21-10-15)17-6-8-25-14-17/h1-10,12,14H,11,13H2,(H,22,24). The van der Waals surface area contributed by atoms with Crippen LogP contribution in [0.4, 0.5) is 0 Å². The van der Waals surface area contributed by atoms with Gasteiger partial charge in [0.25, 0.3) is 0 Å². The van der Waals surface area contributed by atoms with E-state index in [0.29, 0.717) is 13.1 Å². The molecule has 0 aliphatic carbocycles. The van der Waals surface area contributed by atoms with E-state index < -0.39 is 0 Å². The lowest BCUT2D eigenvalue weighted by molar-refractivity contribution is -0.121. The van der Waals surface area contributed by atoms with Crippen molar-refractivity contribution in [3.63, 3.8) is 0 Å². The van der Waals surface area contributed by atoms with Crippen molar-refractivity contribution in [2.45, 2.75) is 13.1 Å². The Hall–Kier alpha value is -2.92. The summed E-state index contributed by atoms with van der Waals surface area (Å²) in [6, 6.07) is 14.2. The van der Waals surface area contributed by atoms with Gasteiger partial charge in [0.15, 0.2) is 0 Å². The third-order valence-corrected chi connectivity index (χ3v) is 4.82. The SMILES string of the molecule is O=C(Cn1ccc2ccccc21)NCc1cncc(-c2ccsc2)c1. The number of fused-ring (bicyclic) bond motifs is 1. The molecule has 0 saturated carbocycles. The number of carbonyl (C=O) groups excluding carboxylic acids is 1. The van der Waals surface area contributed by atoms with Crippen LogP contribution in [0.15, 0.2) is 71.8 Å². The fraction of sp³-hybridized carbons (Fsp3) is 0.100. The number of nitrogens with one attached hydrogen (secondary N) is 1. The molecule has 124 valence electrons. The molecule has 0 fully saturated rings. The highest BCUT2D eigenvalue weighted by Gasteiger charge is 2.07. The second-order valence-corrected chi connectivity index (χ2v) is 6.65. The lowest BCUT2D eigenvalue weighted by atomic mass is 10.1. The monoisotopic (exact) mass is 347 g/mol. The fourth-order valence-electron chi connectivity index (χ4n) is 2.86. The van der Waals surface area contributed by atoms with Crippen molar-refractivity contribution in [2.75, 3.05) is 0 Å². The number of hydrogen-bond acceptors (Lipinski definition) is 3. The molecule has 1 amide bonds. The number of benzene rings is 1. The third kappa shape index (κ3) is 3.46. The second kappa shape index (κ2) is 6.91. The highest BCUT2D eigenvalue weighted by Crippen LogP contribution is 2.22. The summed E-state index contributed by atoms with van der Waals surface area (Å²) < 4.78 is 1.96. The Morgan fingerprint density at radius 2 is 2.04 bits per heavy atom. The predicted molar refractivity (Wildman–Crippen MR) is 101 cm³/mol. The first kappa shape index (κ1) is 15.6. The van der Waals surface area contributed by atoms with Crippen LogP contribution in [-0.4, -0.2) is 15.5 Å². The van der Waals surface area contributed by atoms with Gasteiger partial charge in [0.1, 0.15) is 6.54 Å². The molecule has 3 aromatic heterocycles. The van der Waals surface area contributed by atoms with E-state index >= 15 is 0 Å². The van der Waals surface area contributed by atoms with Gasteiger partial charge >= 0.3 is 0 Å². The molecule has 4 aromatic rings. The number of thiophene rings is 1. The van der Waals surface area contributed by atoms with E-state index in [2.05, 4.69) is 27.8 Å². The molecule has 1 aromatic carbocycles. The van der Waals surface area contributed by atoms with Gasteiger partial charge in [-0.1, -0.05) is 18.2 Å². The average Bonchev–Trinajstić information content (AvgIpc) is 3.31. The summed E-state index contributed by atoms with van der Waals surface area (Å²) in [5.74, 6) is -0.0118. The molecule has 3 heterocycles. The molecular weight excluding hydrogens is 330 g/mol. The van der Waals surface area contributed by atoms with Crippen LogP contribution in [0, 0.1) is 0 Å². The molecule has 0 unspecified atom stereocenters. The van der Waals surface area contributed by atoms with Crippen molar-refractivity contribution in [3.05, 3.63) is 77.4 Å². The number of nitrogens with zero attached hydrogens (tertiary/aromatic N) is 2. The molecule has 0 saturated heterocycles. The van der Waals surface area contributed by atoms with E-state index in [0.717, 1.165) is 27.6 Å². The molecular formula is C20H17N3OS. The normalized spacial score (nSPS) is 10.9. The molecule has 4 rings (SSSR count). The number of aromatic nitrogens is 2. The van der Waals surface area contributed by atoms with E-state index in [4.69, 9.17) is 0 Å². The van der Waals surface area contributed by atoms with Crippen LogP contribution in [0.1, 0.15) is 5.56 Å². The number of rotatable bonds is 5. The van der Waals surface area contributed by atoms with Crippen molar-refractivity contribution >= 4 is 28.1 Å². The number of carbonyl (C=O) groups is 1. The van der Waals surface area contributed by atoms with Gasteiger partial charge in [0, 0.05) is 36.2 Å². The Labute approximate surface area is 149 Å². The summed E-state index contributed by atoms with van der Waals surface area (Å²) in [5.41, 5.74) is 4.29. The van der Waals surface area contributed by atoms with E-state index in [1.807, 2.05) is 52.7 Å². The van der Waals surface area contributed by atoms with Crippen molar-refractivity contribution in [1.82, 2.24) is 14.9 Å². The molecule has 0 radical (unpaired) electrons. The van der Waals surface area contributed by atoms with Crippen molar-refractivity contribution in [2.24, 2.45) is 0 Å². The van der Waals surface area contributed by atoms with Gasteiger partial charge in [-0.25, -0.2) is 0 Å². The number of pyridine rings is 1. The molecule has 0 aliphatic rings. The van der Waals surface area contributed by atoms with Crippen LogP contribution >= 0.6 is 11.3 Å². The largest absolute Gasteiger partial charge is 0.350 e. The number of para-hydroxylation sites is 1. The fourth-order valence-corrected chi connectivity index (χ4v) is 3.53. The summed E-state index contributed by atoms with van der Waals surface area (Å²) >= 11 is 1.66. The first-order chi connectivity index (χ1) is 12.3. The average molecular weight is 347 g/mol. The van der Waals surface area contributed by atoms with Gasteiger partial charge in [-0.3, -0.25) is 9.78 Å². The molecule has 25 heavy (non-hydrogen) atoms. The maximum atomic E-state index is 12.3. The van der Waals surface area contributed by atoms with Crippen molar-refractivity contribution < 1.29 is 4.79 Å². The van der Waals surface area contributed by atoms with E-state index in [9.17, 15) is 4.79 Å². The van der Waals surface area contributed by atoms with Crippen molar-refractivity contribution in [1.29, 1.82) is 0 Å². The summed E-state index contributed by atoms with van der Waals surface area (Å²) in [6.45, 7) is 0.786. The Kier molecular flexibility index (Phi) is 4.31. The zero-order chi connectivity index (χ0) is 17.1. The van der Waals surface area contributed by atoms with Gasteiger partial charge in [-0.05, 0) is 51.5 Å². The zero-order valence-corrected chi connectivity index (χ0v) is 14.4. The smallest absolute Gasteiger partial charge is 0.240 e. The summed E-state index contributed by atoms with van der Waals surface area (Å²) in [7, 11) is 0. The van der Waals surface area contributed by atoms with E-state index in [1.165, 1.54) is 0 Å². The third-order valence-electron chi connectivity index (χ3n) is 4.13. The van der Waals surface area contributed by atoms with Gasteiger partial charge in [-0.15, -0.1) is 0 Å². The molecule has 0 atom stereocenters. The van der Waals surface area contributed by atoms with Gasteiger partial charge in [-0.2, -0.15) is 11.3 Å². The first-order valence-corrected chi connectivity index (χ1v) is 9.01. The highest BCUT2D eigenvalue weighted by molar-refractivity contribution is 7.08.